The first-order valence-corrected chi connectivity index (χ1v) is 7.67. The van der Waals surface area contributed by atoms with Gasteiger partial charge in [0.2, 0.25) is 0 Å². The molecule has 0 radical (unpaired) electrons. The maximum absolute atomic E-state index is 10.6. The molecule has 2 heterocycles. The van der Waals surface area contributed by atoms with Gasteiger partial charge in [0.1, 0.15) is 0 Å². The molecule has 0 aromatic rings. The van der Waals surface area contributed by atoms with E-state index in [-0.39, 0.29) is 12.1 Å². The summed E-state index contributed by atoms with van der Waals surface area (Å²) in [6.45, 7) is 8.12. The van der Waals surface area contributed by atoms with Crippen LogP contribution in [0, 0.1) is 5.92 Å². The largest absolute Gasteiger partial charge is 0.465 e. The van der Waals surface area contributed by atoms with Crippen LogP contribution < -0.4 is 5.32 Å². The van der Waals surface area contributed by atoms with Crippen molar-refractivity contribution in [1.29, 1.82) is 0 Å². The minimum Gasteiger partial charge on any atom is -0.465 e. The number of amides is 1. The van der Waals surface area contributed by atoms with Crippen molar-refractivity contribution in [2.24, 2.45) is 5.92 Å². The monoisotopic (exact) mass is 285 g/mol. The van der Waals surface area contributed by atoms with Crippen molar-refractivity contribution in [2.75, 3.05) is 39.3 Å². The summed E-state index contributed by atoms with van der Waals surface area (Å²) in [5, 5.41) is 21.0. The van der Waals surface area contributed by atoms with Crippen molar-refractivity contribution in [3.8, 4) is 0 Å². The van der Waals surface area contributed by atoms with Crippen molar-refractivity contribution in [1.82, 2.24) is 15.1 Å². The summed E-state index contributed by atoms with van der Waals surface area (Å²) < 4.78 is 0. The topological polar surface area (TPSA) is 76.0 Å². The van der Waals surface area contributed by atoms with Crippen LogP contribution in [0.4, 0.5) is 4.79 Å². The van der Waals surface area contributed by atoms with Gasteiger partial charge in [-0.15, -0.1) is 0 Å². The number of hydrogen-bond donors (Lipinski definition) is 3. The minimum atomic E-state index is -0.913. The van der Waals surface area contributed by atoms with Gasteiger partial charge in [0, 0.05) is 45.3 Å². The van der Waals surface area contributed by atoms with Gasteiger partial charge in [-0.3, -0.25) is 0 Å². The van der Waals surface area contributed by atoms with Crippen molar-refractivity contribution < 1.29 is 15.0 Å². The first kappa shape index (κ1) is 15.5. The Hall–Kier alpha value is -0.850. The summed E-state index contributed by atoms with van der Waals surface area (Å²) in [6, 6.07) is 0.119. The lowest BCUT2D eigenvalue weighted by atomic mass is 9.97. The Balaban J connectivity index is 1.62. The molecule has 0 bridgehead atoms. The van der Waals surface area contributed by atoms with Crippen LogP contribution in [0.5, 0.6) is 0 Å². The number of nitrogens with zero attached hydrogens (tertiary/aromatic N) is 2. The number of aliphatic hydroxyl groups is 1. The summed E-state index contributed by atoms with van der Waals surface area (Å²) in [7, 11) is 0. The number of likely N-dealkylation sites (tertiary alicyclic amines) is 2. The molecular weight excluding hydrogens is 258 g/mol. The van der Waals surface area contributed by atoms with E-state index in [0.29, 0.717) is 5.92 Å². The quantitative estimate of drug-likeness (QED) is 0.698. The molecule has 2 aliphatic rings. The molecule has 2 aliphatic heterocycles. The van der Waals surface area contributed by atoms with Crippen molar-refractivity contribution in [3.63, 3.8) is 0 Å². The maximum atomic E-state index is 10.6. The molecule has 2 rings (SSSR count). The molecule has 1 amide bonds. The second-order valence-electron chi connectivity index (χ2n) is 6.20. The highest BCUT2D eigenvalue weighted by atomic mass is 16.4. The highest BCUT2D eigenvalue weighted by molar-refractivity contribution is 5.64. The molecule has 116 valence electrons. The van der Waals surface area contributed by atoms with Gasteiger partial charge in [-0.25, -0.2) is 4.79 Å². The van der Waals surface area contributed by atoms with E-state index in [1.165, 1.54) is 0 Å². The molecule has 0 aliphatic carbocycles. The molecule has 0 saturated carbocycles. The van der Waals surface area contributed by atoms with Crippen molar-refractivity contribution in [2.45, 2.75) is 38.3 Å². The predicted octanol–water partition coefficient (Wildman–Crippen LogP) is 0.421. The van der Waals surface area contributed by atoms with Gasteiger partial charge in [-0.05, 0) is 25.2 Å². The van der Waals surface area contributed by atoms with E-state index in [1.807, 2.05) is 0 Å². The first-order valence-electron chi connectivity index (χ1n) is 7.67. The Morgan fingerprint density at radius 2 is 1.75 bits per heavy atom. The highest BCUT2D eigenvalue weighted by Gasteiger charge is 2.25. The van der Waals surface area contributed by atoms with E-state index in [1.54, 1.807) is 0 Å². The Morgan fingerprint density at radius 1 is 1.15 bits per heavy atom. The third-order valence-electron chi connectivity index (χ3n) is 4.59. The Labute approximate surface area is 120 Å². The van der Waals surface area contributed by atoms with E-state index in [0.717, 1.165) is 58.5 Å². The molecule has 6 heteroatoms. The average Bonchev–Trinajstić information content (AvgIpc) is 2.41. The number of nitrogens with one attached hydrogen (secondary N) is 1. The molecule has 20 heavy (non-hydrogen) atoms. The number of piperidine rings is 2. The lowest BCUT2D eigenvalue weighted by Gasteiger charge is -2.37. The zero-order valence-corrected chi connectivity index (χ0v) is 12.3. The number of carbonyl (C=O) groups is 1. The third-order valence-corrected chi connectivity index (χ3v) is 4.59. The fourth-order valence-corrected chi connectivity index (χ4v) is 3.18. The molecule has 6 nitrogen and oxygen atoms in total. The molecule has 2 atom stereocenters. The molecular formula is C14H27N3O3. The van der Waals surface area contributed by atoms with Gasteiger partial charge in [-0.1, -0.05) is 6.92 Å². The lowest BCUT2D eigenvalue weighted by molar-refractivity contribution is 0.0302. The van der Waals surface area contributed by atoms with Gasteiger partial charge < -0.3 is 25.3 Å². The third kappa shape index (κ3) is 4.61. The molecule has 0 aromatic carbocycles. The number of aliphatic hydroxyl groups excluding tert-OH is 1. The van der Waals surface area contributed by atoms with E-state index in [9.17, 15) is 9.90 Å². The molecule has 0 aromatic heterocycles. The summed E-state index contributed by atoms with van der Waals surface area (Å²) in [6.07, 6.45) is 1.64. The molecule has 2 fully saturated rings. The second kappa shape index (κ2) is 7.24. The van der Waals surface area contributed by atoms with E-state index >= 15 is 0 Å². The van der Waals surface area contributed by atoms with E-state index in [2.05, 4.69) is 22.0 Å². The van der Waals surface area contributed by atoms with Crippen LogP contribution in [0.2, 0.25) is 0 Å². The number of rotatable bonds is 4. The van der Waals surface area contributed by atoms with E-state index < -0.39 is 6.09 Å². The van der Waals surface area contributed by atoms with Crippen LogP contribution in [-0.2, 0) is 0 Å². The fraction of sp³-hybridized carbons (Fsp3) is 0.929. The SMILES string of the molecule is C[C@H]1CN(CCN2CCC(NC(=O)O)CC2)CC[C@@H]1O. The lowest BCUT2D eigenvalue weighted by Crippen LogP contribution is -2.48. The predicted molar refractivity (Wildman–Crippen MR) is 76.9 cm³/mol. The van der Waals surface area contributed by atoms with Crippen LogP contribution in [-0.4, -0.2) is 77.5 Å². The Bertz CT molecular complexity index is 319. The minimum absolute atomic E-state index is 0.119. The number of carboxylic acid groups (broad SMARTS) is 1. The van der Waals surface area contributed by atoms with Crippen LogP contribution in [0.1, 0.15) is 26.2 Å². The van der Waals surface area contributed by atoms with Crippen molar-refractivity contribution >= 4 is 6.09 Å². The summed E-state index contributed by atoms with van der Waals surface area (Å²) >= 11 is 0. The Kier molecular flexibility index (Phi) is 5.63. The van der Waals surface area contributed by atoms with Gasteiger partial charge in [-0.2, -0.15) is 0 Å². The van der Waals surface area contributed by atoms with Gasteiger partial charge in [0.15, 0.2) is 0 Å². The van der Waals surface area contributed by atoms with E-state index in [4.69, 9.17) is 5.11 Å². The summed E-state index contributed by atoms with van der Waals surface area (Å²) in [5.41, 5.74) is 0. The van der Waals surface area contributed by atoms with Crippen LogP contribution in [0.15, 0.2) is 0 Å². The molecule has 3 N–H and O–H groups in total. The number of hydrogen-bond acceptors (Lipinski definition) is 4. The summed E-state index contributed by atoms with van der Waals surface area (Å²) in [5.74, 6) is 0.370. The van der Waals surface area contributed by atoms with Crippen LogP contribution in [0.3, 0.4) is 0 Å². The van der Waals surface area contributed by atoms with Gasteiger partial charge >= 0.3 is 6.09 Å². The molecule has 2 saturated heterocycles. The normalized spacial score (nSPS) is 30.3. The standard InChI is InChI=1S/C14H27N3O3/c1-11-10-17(7-4-13(11)18)9-8-16-5-2-12(3-6-16)15-14(19)20/h11-13,15,18H,2-10H2,1H3,(H,19,20)/t11-,13-/m0/s1. The molecule has 0 spiro atoms. The first-order chi connectivity index (χ1) is 9.54. The Morgan fingerprint density at radius 3 is 2.35 bits per heavy atom. The zero-order valence-electron chi connectivity index (χ0n) is 12.3. The molecule has 0 unspecified atom stereocenters. The zero-order chi connectivity index (χ0) is 14.5. The van der Waals surface area contributed by atoms with Crippen LogP contribution in [0.25, 0.3) is 0 Å². The summed E-state index contributed by atoms with van der Waals surface area (Å²) in [4.78, 5) is 15.4. The smallest absolute Gasteiger partial charge is 0.404 e. The van der Waals surface area contributed by atoms with Crippen molar-refractivity contribution in [3.05, 3.63) is 0 Å². The van der Waals surface area contributed by atoms with Crippen LogP contribution >= 0.6 is 0 Å². The van der Waals surface area contributed by atoms with Gasteiger partial charge in [0.05, 0.1) is 6.10 Å². The highest BCUT2D eigenvalue weighted by Crippen LogP contribution is 2.16. The fourth-order valence-electron chi connectivity index (χ4n) is 3.18. The van der Waals surface area contributed by atoms with Gasteiger partial charge in [0.25, 0.3) is 0 Å². The second-order valence-corrected chi connectivity index (χ2v) is 6.20. The maximum Gasteiger partial charge on any atom is 0.404 e. The average molecular weight is 285 g/mol.